The Balaban J connectivity index is 1.95. The summed E-state index contributed by atoms with van der Waals surface area (Å²) in [6, 6.07) is 5.06. The standard InChI is InChI=1S/C15H21BrFNO2/c1-3-7-19-15-13(18-4-2)9-14(15)20-10-5-6-12(17)11(16)8-10/h5-6,8,13-15,18H,3-4,7,9H2,1-2H3. The molecule has 0 aliphatic heterocycles. The van der Waals surface area contributed by atoms with Gasteiger partial charge >= 0.3 is 0 Å². The minimum Gasteiger partial charge on any atom is -0.488 e. The van der Waals surface area contributed by atoms with Crippen molar-refractivity contribution in [2.75, 3.05) is 13.2 Å². The Hall–Kier alpha value is -0.650. The highest BCUT2D eigenvalue weighted by Gasteiger charge is 2.43. The van der Waals surface area contributed by atoms with E-state index < -0.39 is 0 Å². The predicted octanol–water partition coefficient (Wildman–Crippen LogP) is 3.51. The summed E-state index contributed by atoms with van der Waals surface area (Å²) in [7, 11) is 0. The van der Waals surface area contributed by atoms with Crippen LogP contribution in [-0.2, 0) is 4.74 Å². The molecule has 0 bridgehead atoms. The summed E-state index contributed by atoms with van der Waals surface area (Å²) in [6.45, 7) is 5.83. The summed E-state index contributed by atoms with van der Waals surface area (Å²) in [5.41, 5.74) is 0. The van der Waals surface area contributed by atoms with E-state index in [0.717, 1.165) is 26.0 Å². The molecule has 2 rings (SSSR count). The zero-order valence-electron chi connectivity index (χ0n) is 11.9. The van der Waals surface area contributed by atoms with Crippen LogP contribution in [0.3, 0.4) is 0 Å². The molecule has 0 aromatic heterocycles. The molecule has 3 unspecified atom stereocenters. The van der Waals surface area contributed by atoms with Gasteiger partial charge in [0.1, 0.15) is 23.8 Å². The Kier molecular flexibility index (Phi) is 5.81. The summed E-state index contributed by atoms with van der Waals surface area (Å²) in [6.07, 6.45) is 2.00. The lowest BCUT2D eigenvalue weighted by Crippen LogP contribution is -2.61. The van der Waals surface area contributed by atoms with E-state index in [9.17, 15) is 4.39 Å². The normalized spacial score (nSPS) is 25.3. The Morgan fingerprint density at radius 2 is 2.20 bits per heavy atom. The monoisotopic (exact) mass is 345 g/mol. The molecule has 3 nitrogen and oxygen atoms in total. The first kappa shape index (κ1) is 15.7. The van der Waals surface area contributed by atoms with Crippen molar-refractivity contribution in [3.05, 3.63) is 28.5 Å². The average molecular weight is 346 g/mol. The van der Waals surface area contributed by atoms with Crippen molar-refractivity contribution in [2.45, 2.75) is 44.9 Å². The molecule has 1 N–H and O–H groups in total. The Bertz CT molecular complexity index is 444. The van der Waals surface area contributed by atoms with Gasteiger partial charge in [-0.05, 0) is 47.1 Å². The van der Waals surface area contributed by atoms with Gasteiger partial charge in [0.25, 0.3) is 0 Å². The summed E-state index contributed by atoms with van der Waals surface area (Å²) in [4.78, 5) is 0. The third kappa shape index (κ3) is 3.71. The van der Waals surface area contributed by atoms with Crippen molar-refractivity contribution in [3.8, 4) is 5.75 Å². The van der Waals surface area contributed by atoms with Gasteiger partial charge < -0.3 is 14.8 Å². The van der Waals surface area contributed by atoms with E-state index in [1.165, 1.54) is 6.07 Å². The highest BCUT2D eigenvalue weighted by atomic mass is 79.9. The number of benzene rings is 1. The SMILES string of the molecule is CCCOC1C(NCC)CC1Oc1ccc(F)c(Br)c1. The minimum atomic E-state index is -0.282. The minimum absolute atomic E-state index is 0.0305. The lowest BCUT2D eigenvalue weighted by Gasteiger charge is -2.44. The summed E-state index contributed by atoms with van der Waals surface area (Å²) in [5.74, 6) is 0.388. The van der Waals surface area contributed by atoms with Crippen LogP contribution in [0.5, 0.6) is 5.75 Å². The van der Waals surface area contributed by atoms with Gasteiger partial charge in [0, 0.05) is 19.1 Å². The molecule has 0 saturated heterocycles. The average Bonchev–Trinajstić information content (AvgIpc) is 2.42. The molecule has 3 atom stereocenters. The third-order valence-electron chi connectivity index (χ3n) is 3.41. The van der Waals surface area contributed by atoms with Crippen LogP contribution >= 0.6 is 15.9 Å². The van der Waals surface area contributed by atoms with Crippen molar-refractivity contribution < 1.29 is 13.9 Å². The number of rotatable bonds is 7. The second-order valence-corrected chi connectivity index (χ2v) is 5.82. The van der Waals surface area contributed by atoms with Crippen molar-refractivity contribution in [1.29, 1.82) is 0 Å². The van der Waals surface area contributed by atoms with E-state index in [4.69, 9.17) is 9.47 Å². The maximum atomic E-state index is 13.2. The molecule has 1 aromatic carbocycles. The molecule has 5 heteroatoms. The van der Waals surface area contributed by atoms with Gasteiger partial charge in [-0.2, -0.15) is 0 Å². The Morgan fingerprint density at radius 1 is 1.40 bits per heavy atom. The maximum absolute atomic E-state index is 13.2. The zero-order chi connectivity index (χ0) is 14.5. The first-order valence-electron chi connectivity index (χ1n) is 7.12. The highest BCUT2D eigenvalue weighted by molar-refractivity contribution is 9.10. The Labute approximate surface area is 128 Å². The van der Waals surface area contributed by atoms with E-state index in [0.29, 0.717) is 16.3 Å². The Morgan fingerprint density at radius 3 is 2.85 bits per heavy atom. The van der Waals surface area contributed by atoms with E-state index in [1.807, 2.05) is 0 Å². The first-order chi connectivity index (χ1) is 9.65. The van der Waals surface area contributed by atoms with E-state index in [-0.39, 0.29) is 18.0 Å². The molecular formula is C15H21BrFNO2. The lowest BCUT2D eigenvalue weighted by atomic mass is 9.85. The zero-order valence-corrected chi connectivity index (χ0v) is 13.5. The second kappa shape index (κ2) is 7.38. The molecule has 112 valence electrons. The lowest BCUT2D eigenvalue weighted by molar-refractivity contribution is -0.107. The molecule has 1 aliphatic rings. The van der Waals surface area contributed by atoms with E-state index in [2.05, 4.69) is 35.1 Å². The number of likely N-dealkylation sites (N-methyl/N-ethyl adjacent to an activating group) is 1. The number of hydrogen-bond donors (Lipinski definition) is 1. The van der Waals surface area contributed by atoms with Gasteiger partial charge in [0.15, 0.2) is 0 Å². The van der Waals surface area contributed by atoms with Crippen LogP contribution in [0.1, 0.15) is 26.7 Å². The van der Waals surface area contributed by atoms with Crippen molar-refractivity contribution in [2.24, 2.45) is 0 Å². The predicted molar refractivity (Wildman–Crippen MR) is 80.6 cm³/mol. The summed E-state index contributed by atoms with van der Waals surface area (Å²) in [5, 5.41) is 3.40. The fraction of sp³-hybridized carbons (Fsp3) is 0.600. The molecule has 0 amide bonds. The van der Waals surface area contributed by atoms with E-state index >= 15 is 0 Å². The van der Waals surface area contributed by atoms with Gasteiger partial charge in [-0.3, -0.25) is 0 Å². The first-order valence-corrected chi connectivity index (χ1v) is 7.91. The maximum Gasteiger partial charge on any atom is 0.137 e. The van der Waals surface area contributed by atoms with Crippen LogP contribution in [-0.4, -0.2) is 31.4 Å². The fourth-order valence-electron chi connectivity index (χ4n) is 2.36. The molecular weight excluding hydrogens is 325 g/mol. The third-order valence-corrected chi connectivity index (χ3v) is 4.02. The van der Waals surface area contributed by atoms with Crippen LogP contribution in [0.25, 0.3) is 0 Å². The van der Waals surface area contributed by atoms with E-state index in [1.54, 1.807) is 12.1 Å². The number of ether oxygens (including phenoxy) is 2. The van der Waals surface area contributed by atoms with Gasteiger partial charge in [-0.1, -0.05) is 13.8 Å². The van der Waals surface area contributed by atoms with Crippen molar-refractivity contribution in [3.63, 3.8) is 0 Å². The van der Waals surface area contributed by atoms with Gasteiger partial charge in [0.2, 0.25) is 0 Å². The summed E-state index contributed by atoms with van der Waals surface area (Å²) >= 11 is 3.17. The van der Waals surface area contributed by atoms with Gasteiger partial charge in [0.05, 0.1) is 4.47 Å². The molecule has 20 heavy (non-hydrogen) atoms. The molecule has 1 fully saturated rings. The molecule has 1 aromatic rings. The van der Waals surface area contributed by atoms with Crippen LogP contribution in [0.4, 0.5) is 4.39 Å². The number of hydrogen-bond acceptors (Lipinski definition) is 3. The van der Waals surface area contributed by atoms with Crippen molar-refractivity contribution in [1.82, 2.24) is 5.32 Å². The second-order valence-electron chi connectivity index (χ2n) is 4.97. The smallest absolute Gasteiger partial charge is 0.137 e. The van der Waals surface area contributed by atoms with Crippen LogP contribution in [0.2, 0.25) is 0 Å². The number of halogens is 2. The van der Waals surface area contributed by atoms with Crippen molar-refractivity contribution >= 4 is 15.9 Å². The fourth-order valence-corrected chi connectivity index (χ4v) is 2.72. The molecule has 0 radical (unpaired) electrons. The largest absolute Gasteiger partial charge is 0.488 e. The van der Waals surface area contributed by atoms with Gasteiger partial charge in [-0.25, -0.2) is 4.39 Å². The summed E-state index contributed by atoms with van der Waals surface area (Å²) < 4.78 is 25.4. The quantitative estimate of drug-likeness (QED) is 0.820. The van der Waals surface area contributed by atoms with Crippen LogP contribution in [0, 0.1) is 5.82 Å². The van der Waals surface area contributed by atoms with Crippen LogP contribution < -0.4 is 10.1 Å². The molecule has 1 aliphatic carbocycles. The molecule has 0 spiro atoms. The topological polar surface area (TPSA) is 30.5 Å². The molecule has 1 saturated carbocycles. The van der Waals surface area contributed by atoms with Crippen LogP contribution in [0.15, 0.2) is 22.7 Å². The number of nitrogens with one attached hydrogen (secondary N) is 1. The highest BCUT2D eigenvalue weighted by Crippen LogP contribution is 2.31. The van der Waals surface area contributed by atoms with Gasteiger partial charge in [-0.15, -0.1) is 0 Å². The molecule has 0 heterocycles.